The quantitative estimate of drug-likeness (QED) is 0.694. The van der Waals surface area contributed by atoms with Gasteiger partial charge < -0.3 is 5.41 Å². The molecule has 1 aliphatic rings. The Bertz CT molecular complexity index is 338. The monoisotopic (exact) mass is 217 g/mol. The molecule has 0 atom stereocenters. The fourth-order valence-electron chi connectivity index (χ4n) is 1.46. The highest BCUT2D eigenvalue weighted by Crippen LogP contribution is 2.24. The summed E-state index contributed by atoms with van der Waals surface area (Å²) in [5.41, 5.74) is 2.89. The maximum Gasteiger partial charge on any atom is 0.0615 e. The average molecular weight is 217 g/mol. The molecule has 0 fully saturated rings. The Hall–Kier alpha value is -1.37. The molecule has 1 rings (SSSR count). The van der Waals surface area contributed by atoms with Crippen molar-refractivity contribution >= 4 is 5.71 Å². The van der Waals surface area contributed by atoms with Gasteiger partial charge in [0.05, 0.1) is 5.71 Å². The lowest BCUT2D eigenvalue weighted by atomic mass is 9.88. The highest BCUT2D eigenvalue weighted by Gasteiger charge is 2.13. The van der Waals surface area contributed by atoms with E-state index in [2.05, 4.69) is 19.9 Å². The molecule has 0 spiro atoms. The molecule has 0 bridgehead atoms. The van der Waals surface area contributed by atoms with Crippen LogP contribution in [0.15, 0.2) is 47.6 Å². The predicted octanol–water partition coefficient (Wildman–Crippen LogP) is 4.69. The van der Waals surface area contributed by atoms with Crippen LogP contribution in [0, 0.1) is 11.3 Å². The van der Waals surface area contributed by atoms with Gasteiger partial charge in [0.2, 0.25) is 0 Å². The Morgan fingerprint density at radius 2 is 1.88 bits per heavy atom. The smallest absolute Gasteiger partial charge is 0.0615 e. The minimum Gasteiger partial charge on any atom is -0.300 e. The number of nitrogens with one attached hydrogen (secondary N) is 1. The van der Waals surface area contributed by atoms with Crippen LogP contribution in [0.3, 0.4) is 0 Å². The zero-order chi connectivity index (χ0) is 12.6. The zero-order valence-corrected chi connectivity index (χ0v) is 11.0. The van der Waals surface area contributed by atoms with Crippen LogP contribution in [0.1, 0.15) is 34.6 Å². The molecule has 0 saturated heterocycles. The third kappa shape index (κ3) is 4.01. The summed E-state index contributed by atoms with van der Waals surface area (Å²) < 4.78 is 0. The number of allylic oxidation sites excluding steroid dienone is 8. The third-order valence-electron chi connectivity index (χ3n) is 2.22. The van der Waals surface area contributed by atoms with Crippen LogP contribution in [0.25, 0.3) is 0 Å². The van der Waals surface area contributed by atoms with Crippen molar-refractivity contribution in [1.82, 2.24) is 0 Å². The molecule has 1 nitrogen and oxygen atoms in total. The van der Waals surface area contributed by atoms with E-state index in [1.807, 2.05) is 51.2 Å². The molecule has 16 heavy (non-hydrogen) atoms. The molecule has 0 saturated carbocycles. The molecule has 1 N–H and O–H groups in total. The Morgan fingerprint density at radius 3 is 2.38 bits per heavy atom. The molecule has 1 heteroatoms. The van der Waals surface area contributed by atoms with Gasteiger partial charge >= 0.3 is 0 Å². The highest BCUT2D eigenvalue weighted by atomic mass is 14.4. The largest absolute Gasteiger partial charge is 0.300 e. The van der Waals surface area contributed by atoms with Crippen molar-refractivity contribution in [2.75, 3.05) is 0 Å². The van der Waals surface area contributed by atoms with Gasteiger partial charge in [-0.15, -0.1) is 0 Å². The van der Waals surface area contributed by atoms with Crippen LogP contribution in [0.5, 0.6) is 0 Å². The maximum absolute atomic E-state index is 7.82. The van der Waals surface area contributed by atoms with Crippen molar-refractivity contribution in [1.29, 1.82) is 5.41 Å². The molecule has 0 aromatic carbocycles. The number of hydrogen-bond donors (Lipinski definition) is 1. The highest BCUT2D eigenvalue weighted by molar-refractivity contribution is 6.10. The van der Waals surface area contributed by atoms with Gasteiger partial charge in [0.25, 0.3) is 0 Å². The first-order valence-electron chi connectivity index (χ1n) is 5.97. The molecule has 0 aliphatic heterocycles. The van der Waals surface area contributed by atoms with Gasteiger partial charge in [-0.2, -0.15) is 0 Å². The summed E-state index contributed by atoms with van der Waals surface area (Å²) in [5.74, 6) is 0.469. The molecule has 0 aromatic rings. The van der Waals surface area contributed by atoms with Crippen molar-refractivity contribution < 1.29 is 0 Å². The fraction of sp³-hybridized carbons (Fsp3) is 0.400. The Labute approximate surface area is 99.8 Å². The van der Waals surface area contributed by atoms with Crippen molar-refractivity contribution in [3.63, 3.8) is 0 Å². The van der Waals surface area contributed by atoms with Gasteiger partial charge in [0, 0.05) is 5.57 Å². The second-order valence-corrected chi connectivity index (χ2v) is 3.66. The molecule has 0 heterocycles. The second kappa shape index (κ2) is 7.86. The SMILES string of the molecule is C/C=C\C=C1/C(=N)C=CC=C1C(C)C.CC. The summed E-state index contributed by atoms with van der Waals surface area (Å²) >= 11 is 0. The van der Waals surface area contributed by atoms with Crippen molar-refractivity contribution in [3.05, 3.63) is 47.6 Å². The van der Waals surface area contributed by atoms with Crippen molar-refractivity contribution in [2.24, 2.45) is 5.92 Å². The van der Waals surface area contributed by atoms with E-state index in [0.29, 0.717) is 11.6 Å². The average Bonchev–Trinajstić information content (AvgIpc) is 2.29. The maximum atomic E-state index is 7.82. The van der Waals surface area contributed by atoms with Crippen LogP contribution in [0.2, 0.25) is 0 Å². The Kier molecular flexibility index (Phi) is 7.19. The first kappa shape index (κ1) is 14.6. The predicted molar refractivity (Wildman–Crippen MR) is 74.0 cm³/mol. The summed E-state index contributed by atoms with van der Waals surface area (Å²) in [6, 6.07) is 0. The lowest BCUT2D eigenvalue weighted by Gasteiger charge is -2.17. The van der Waals surface area contributed by atoms with Gasteiger partial charge in [-0.1, -0.05) is 58.1 Å². The Balaban J connectivity index is 0.00000106. The van der Waals surface area contributed by atoms with Gasteiger partial charge in [-0.25, -0.2) is 0 Å². The molecular formula is C15H23N. The van der Waals surface area contributed by atoms with Crippen LogP contribution < -0.4 is 0 Å². The van der Waals surface area contributed by atoms with E-state index in [9.17, 15) is 0 Å². The molecular weight excluding hydrogens is 194 g/mol. The van der Waals surface area contributed by atoms with Gasteiger partial charge in [0.1, 0.15) is 0 Å². The van der Waals surface area contributed by atoms with E-state index in [4.69, 9.17) is 5.41 Å². The van der Waals surface area contributed by atoms with E-state index < -0.39 is 0 Å². The first-order valence-corrected chi connectivity index (χ1v) is 5.97. The fourth-order valence-corrected chi connectivity index (χ4v) is 1.46. The Morgan fingerprint density at radius 1 is 1.25 bits per heavy atom. The van der Waals surface area contributed by atoms with E-state index in [1.54, 1.807) is 0 Å². The lowest BCUT2D eigenvalue weighted by Crippen LogP contribution is -2.08. The lowest BCUT2D eigenvalue weighted by molar-refractivity contribution is 0.784. The summed E-state index contributed by atoms with van der Waals surface area (Å²) in [5, 5.41) is 7.82. The third-order valence-corrected chi connectivity index (χ3v) is 2.22. The molecule has 88 valence electrons. The molecule has 0 unspecified atom stereocenters. The van der Waals surface area contributed by atoms with Crippen LogP contribution in [0.4, 0.5) is 0 Å². The summed E-state index contributed by atoms with van der Waals surface area (Å²) in [6.45, 7) is 10.3. The summed E-state index contributed by atoms with van der Waals surface area (Å²) in [7, 11) is 0. The summed E-state index contributed by atoms with van der Waals surface area (Å²) in [6.07, 6.45) is 11.9. The zero-order valence-electron chi connectivity index (χ0n) is 11.0. The first-order chi connectivity index (χ1) is 7.66. The standard InChI is InChI=1S/C13H17N.C2H6/c1-4-5-7-12-11(10(2)3)8-6-9-13(12)14;1-2/h4-10,14H,1-3H3;1-2H3/b5-4-,12-7-,14-13?;. The molecule has 0 radical (unpaired) electrons. The second-order valence-electron chi connectivity index (χ2n) is 3.66. The van der Waals surface area contributed by atoms with Crippen molar-refractivity contribution in [2.45, 2.75) is 34.6 Å². The molecule has 0 amide bonds. The minimum atomic E-state index is 0.469. The van der Waals surface area contributed by atoms with E-state index in [0.717, 1.165) is 5.57 Å². The van der Waals surface area contributed by atoms with Gasteiger partial charge in [0.15, 0.2) is 0 Å². The normalized spacial score (nSPS) is 17.8. The minimum absolute atomic E-state index is 0.469. The topological polar surface area (TPSA) is 23.9 Å². The van der Waals surface area contributed by atoms with Crippen molar-refractivity contribution in [3.8, 4) is 0 Å². The van der Waals surface area contributed by atoms with Crippen LogP contribution in [-0.4, -0.2) is 5.71 Å². The van der Waals surface area contributed by atoms with E-state index in [-0.39, 0.29) is 0 Å². The van der Waals surface area contributed by atoms with E-state index >= 15 is 0 Å². The van der Waals surface area contributed by atoms with Gasteiger partial charge in [-0.05, 0) is 24.5 Å². The van der Waals surface area contributed by atoms with E-state index in [1.165, 1.54) is 5.57 Å². The number of hydrogen-bond acceptors (Lipinski definition) is 1. The van der Waals surface area contributed by atoms with Crippen LogP contribution >= 0.6 is 0 Å². The summed E-state index contributed by atoms with van der Waals surface area (Å²) in [4.78, 5) is 0. The number of rotatable bonds is 2. The molecule has 0 aromatic heterocycles. The molecule has 1 aliphatic carbocycles. The van der Waals surface area contributed by atoms with Crippen LogP contribution in [-0.2, 0) is 0 Å². The van der Waals surface area contributed by atoms with Gasteiger partial charge in [-0.3, -0.25) is 0 Å².